The van der Waals surface area contributed by atoms with Crippen LogP contribution in [0.25, 0.3) is 0 Å². The number of benzene rings is 2. The lowest BCUT2D eigenvalue weighted by Gasteiger charge is -2.43. The summed E-state index contributed by atoms with van der Waals surface area (Å²) in [6.45, 7) is 1.03. The van der Waals surface area contributed by atoms with Crippen LogP contribution in [0.3, 0.4) is 0 Å². The van der Waals surface area contributed by atoms with Crippen LogP contribution in [-0.2, 0) is 11.3 Å². The molecular weight excluding hydrogens is 349 g/mol. The van der Waals surface area contributed by atoms with Gasteiger partial charge in [-0.2, -0.15) is 0 Å². The Balaban J connectivity index is 1.38. The molecule has 0 saturated carbocycles. The van der Waals surface area contributed by atoms with Gasteiger partial charge in [0.2, 0.25) is 0 Å². The van der Waals surface area contributed by atoms with E-state index in [1.165, 1.54) is 12.1 Å². The molecule has 27 heavy (non-hydrogen) atoms. The molecular formula is C21H20FNO4. The maximum absolute atomic E-state index is 14.1. The average molecular weight is 369 g/mol. The van der Waals surface area contributed by atoms with E-state index in [0.29, 0.717) is 31.5 Å². The van der Waals surface area contributed by atoms with Crippen molar-refractivity contribution in [3.8, 4) is 5.75 Å². The number of amides is 1. The summed E-state index contributed by atoms with van der Waals surface area (Å²) >= 11 is 0. The molecule has 5 nitrogen and oxygen atoms in total. The Labute approximate surface area is 156 Å². The number of nitrogens with zero attached hydrogens (tertiary/aromatic N) is 1. The molecule has 0 unspecified atom stereocenters. The molecule has 1 fully saturated rings. The topological polar surface area (TPSA) is 55.8 Å². The number of hydrogen-bond acceptors (Lipinski definition) is 4. The number of ketones is 1. The first-order chi connectivity index (χ1) is 13.1. The summed E-state index contributed by atoms with van der Waals surface area (Å²) in [5.74, 6) is -0.602. The van der Waals surface area contributed by atoms with Gasteiger partial charge in [-0.05, 0) is 17.7 Å². The van der Waals surface area contributed by atoms with E-state index in [4.69, 9.17) is 9.47 Å². The maximum Gasteiger partial charge on any atom is 0.410 e. The molecule has 0 N–H and O–H groups in total. The Morgan fingerprint density at radius 2 is 1.85 bits per heavy atom. The Morgan fingerprint density at radius 3 is 2.59 bits per heavy atom. The van der Waals surface area contributed by atoms with E-state index in [2.05, 4.69) is 0 Å². The third-order valence-corrected chi connectivity index (χ3v) is 5.21. The molecule has 2 aliphatic heterocycles. The number of para-hydroxylation sites is 1. The van der Waals surface area contributed by atoms with Crippen LogP contribution in [0.4, 0.5) is 9.18 Å². The maximum atomic E-state index is 14.1. The van der Waals surface area contributed by atoms with Gasteiger partial charge in [0, 0.05) is 25.9 Å². The van der Waals surface area contributed by atoms with Crippen LogP contribution in [0.1, 0.15) is 35.2 Å². The van der Waals surface area contributed by atoms with Gasteiger partial charge >= 0.3 is 6.09 Å². The van der Waals surface area contributed by atoms with Crippen LogP contribution in [0.5, 0.6) is 5.75 Å². The van der Waals surface area contributed by atoms with Crippen molar-refractivity contribution in [2.45, 2.75) is 31.5 Å². The van der Waals surface area contributed by atoms with Crippen molar-refractivity contribution in [3.63, 3.8) is 0 Å². The summed E-state index contributed by atoms with van der Waals surface area (Å²) in [6, 6.07) is 13.9. The summed E-state index contributed by atoms with van der Waals surface area (Å²) in [7, 11) is 0. The fraction of sp³-hybridized carbons (Fsp3) is 0.333. The first kappa shape index (κ1) is 17.5. The molecule has 4 rings (SSSR count). The van der Waals surface area contributed by atoms with Crippen molar-refractivity contribution < 1.29 is 23.5 Å². The van der Waals surface area contributed by atoms with Crippen LogP contribution in [0, 0.1) is 5.82 Å². The number of hydrogen-bond donors (Lipinski definition) is 0. The molecule has 2 aliphatic rings. The fourth-order valence-corrected chi connectivity index (χ4v) is 3.66. The molecule has 2 heterocycles. The van der Waals surface area contributed by atoms with E-state index in [9.17, 15) is 14.0 Å². The smallest absolute Gasteiger partial charge is 0.410 e. The number of carbonyl (C=O) groups excluding carboxylic acids is 2. The average Bonchev–Trinajstić information content (AvgIpc) is 2.68. The molecule has 0 aromatic heterocycles. The number of likely N-dealkylation sites (tertiary alicyclic amines) is 1. The molecule has 1 spiro atoms. The highest BCUT2D eigenvalue weighted by Crippen LogP contribution is 2.40. The molecule has 2 aromatic carbocycles. The van der Waals surface area contributed by atoms with Crippen LogP contribution in [0.2, 0.25) is 0 Å². The minimum Gasteiger partial charge on any atom is -0.483 e. The van der Waals surface area contributed by atoms with Crippen molar-refractivity contribution in [3.05, 3.63) is 65.5 Å². The van der Waals surface area contributed by atoms with E-state index in [0.717, 1.165) is 5.56 Å². The van der Waals surface area contributed by atoms with Gasteiger partial charge in [0.25, 0.3) is 0 Å². The van der Waals surface area contributed by atoms with Crippen LogP contribution >= 0.6 is 0 Å². The number of Topliss-reactive ketones (excluding diaryl/α,β-unsaturated/α-hetero) is 1. The predicted molar refractivity (Wildman–Crippen MR) is 96.1 cm³/mol. The molecule has 2 aromatic rings. The van der Waals surface area contributed by atoms with Crippen molar-refractivity contribution in [1.82, 2.24) is 4.90 Å². The van der Waals surface area contributed by atoms with Crippen molar-refractivity contribution in [2.75, 3.05) is 13.1 Å². The molecule has 1 amide bonds. The minimum absolute atomic E-state index is 0.0360. The van der Waals surface area contributed by atoms with Crippen LogP contribution in [0.15, 0.2) is 48.5 Å². The Kier molecular flexibility index (Phi) is 4.56. The molecule has 0 atom stereocenters. The molecule has 1 saturated heterocycles. The number of ether oxygens (including phenoxy) is 2. The number of carbonyl (C=O) groups is 2. The highest BCUT2D eigenvalue weighted by molar-refractivity contribution is 6.00. The SMILES string of the molecule is O=C1CC2(CCN(C(=O)OCc3ccccc3)CC2)Oc2c(F)cccc21. The lowest BCUT2D eigenvalue weighted by atomic mass is 9.82. The first-order valence-electron chi connectivity index (χ1n) is 9.03. The lowest BCUT2D eigenvalue weighted by molar-refractivity contribution is -0.0123. The third-order valence-electron chi connectivity index (χ3n) is 5.21. The molecule has 140 valence electrons. The summed E-state index contributed by atoms with van der Waals surface area (Å²) < 4.78 is 25.4. The Bertz CT molecular complexity index is 860. The monoisotopic (exact) mass is 369 g/mol. The van der Waals surface area contributed by atoms with E-state index in [1.54, 1.807) is 11.0 Å². The van der Waals surface area contributed by atoms with Gasteiger partial charge < -0.3 is 14.4 Å². The zero-order valence-corrected chi connectivity index (χ0v) is 14.8. The zero-order valence-electron chi connectivity index (χ0n) is 14.8. The number of halogens is 1. The second-order valence-corrected chi connectivity index (χ2v) is 7.03. The summed E-state index contributed by atoms with van der Waals surface area (Å²) in [5, 5.41) is 0. The van der Waals surface area contributed by atoms with Crippen molar-refractivity contribution in [1.29, 1.82) is 0 Å². The predicted octanol–water partition coefficient (Wildman–Crippen LogP) is 3.96. The van der Waals surface area contributed by atoms with E-state index >= 15 is 0 Å². The quantitative estimate of drug-likeness (QED) is 0.804. The molecule has 0 radical (unpaired) electrons. The van der Waals surface area contributed by atoms with Gasteiger partial charge in [0.15, 0.2) is 17.3 Å². The van der Waals surface area contributed by atoms with Crippen LogP contribution < -0.4 is 4.74 Å². The van der Waals surface area contributed by atoms with Gasteiger partial charge in [0.1, 0.15) is 12.2 Å². The molecule has 0 aliphatic carbocycles. The molecule has 0 bridgehead atoms. The second-order valence-electron chi connectivity index (χ2n) is 7.03. The van der Waals surface area contributed by atoms with E-state index < -0.39 is 11.4 Å². The zero-order chi connectivity index (χ0) is 18.9. The van der Waals surface area contributed by atoms with Gasteiger partial charge in [-0.15, -0.1) is 0 Å². The minimum atomic E-state index is -0.748. The summed E-state index contributed by atoms with van der Waals surface area (Å²) in [5.41, 5.74) is 0.473. The summed E-state index contributed by atoms with van der Waals surface area (Å²) in [4.78, 5) is 26.3. The van der Waals surface area contributed by atoms with E-state index in [-0.39, 0.29) is 30.7 Å². The fourth-order valence-electron chi connectivity index (χ4n) is 3.66. The number of fused-ring (bicyclic) bond motifs is 1. The second kappa shape index (κ2) is 7.02. The Morgan fingerprint density at radius 1 is 1.11 bits per heavy atom. The largest absolute Gasteiger partial charge is 0.483 e. The van der Waals surface area contributed by atoms with Crippen LogP contribution in [-0.4, -0.2) is 35.5 Å². The van der Waals surface area contributed by atoms with Gasteiger partial charge in [-0.3, -0.25) is 4.79 Å². The van der Waals surface area contributed by atoms with Gasteiger partial charge in [-0.1, -0.05) is 36.4 Å². The van der Waals surface area contributed by atoms with Gasteiger partial charge in [-0.25, -0.2) is 9.18 Å². The first-order valence-corrected chi connectivity index (χ1v) is 9.03. The summed E-state index contributed by atoms with van der Waals surface area (Å²) in [6.07, 6.45) is 0.749. The molecule has 6 heteroatoms. The van der Waals surface area contributed by atoms with E-state index in [1.807, 2.05) is 30.3 Å². The number of piperidine rings is 1. The Hall–Kier alpha value is -2.89. The normalized spacial score (nSPS) is 18.0. The van der Waals surface area contributed by atoms with Crippen molar-refractivity contribution in [2.24, 2.45) is 0 Å². The highest BCUT2D eigenvalue weighted by Gasteiger charge is 2.44. The number of rotatable bonds is 2. The lowest BCUT2D eigenvalue weighted by Crippen LogP contribution is -2.52. The van der Waals surface area contributed by atoms with Gasteiger partial charge in [0.05, 0.1) is 12.0 Å². The van der Waals surface area contributed by atoms with Crippen molar-refractivity contribution >= 4 is 11.9 Å². The third kappa shape index (κ3) is 3.52. The standard InChI is InChI=1S/C21H20FNO4/c22-17-8-4-7-16-18(24)13-21(27-19(16)17)9-11-23(12-10-21)20(25)26-14-15-5-2-1-3-6-15/h1-8H,9-14H2. The highest BCUT2D eigenvalue weighted by atomic mass is 19.1.